The van der Waals surface area contributed by atoms with Gasteiger partial charge in [0.2, 0.25) is 0 Å². The largest absolute Gasteiger partial charge is 0.457 e. The maximum atomic E-state index is 6.36. The summed E-state index contributed by atoms with van der Waals surface area (Å²) in [4.78, 5) is 0. The second-order valence-corrected chi connectivity index (χ2v) is 7.67. The third kappa shape index (κ3) is 1.98. The SMILES string of the molecule is C1=CC2=C(C=CC1)C1(C3=C(CCC=C3)N2)c2ccccc2Oc2ccccc21. The van der Waals surface area contributed by atoms with E-state index in [0.29, 0.717) is 0 Å². The van der Waals surface area contributed by atoms with Gasteiger partial charge in [-0.05, 0) is 48.6 Å². The number of rotatable bonds is 0. The van der Waals surface area contributed by atoms with Crippen LogP contribution in [0.2, 0.25) is 0 Å². The number of dihydropyridines is 1. The molecule has 2 heteroatoms. The second kappa shape index (κ2) is 5.87. The number of hydrogen-bond donors (Lipinski definition) is 1. The van der Waals surface area contributed by atoms with Gasteiger partial charge in [0.25, 0.3) is 0 Å². The van der Waals surface area contributed by atoms with Crippen LogP contribution in [-0.2, 0) is 5.41 Å². The van der Waals surface area contributed by atoms with Gasteiger partial charge in [-0.25, -0.2) is 0 Å². The molecule has 0 aromatic heterocycles. The molecule has 0 amide bonds. The zero-order valence-corrected chi connectivity index (χ0v) is 15.6. The van der Waals surface area contributed by atoms with E-state index in [1.54, 1.807) is 0 Å². The molecular weight excluding hydrogens is 342 g/mol. The van der Waals surface area contributed by atoms with Crippen LogP contribution >= 0.6 is 0 Å². The highest BCUT2D eigenvalue weighted by Crippen LogP contribution is 2.59. The number of nitrogens with one attached hydrogen (secondary N) is 1. The highest BCUT2D eigenvalue weighted by Gasteiger charge is 2.50. The Morgan fingerprint density at radius 1 is 0.750 bits per heavy atom. The van der Waals surface area contributed by atoms with Crippen LogP contribution in [0.5, 0.6) is 11.5 Å². The first-order chi connectivity index (χ1) is 13.9. The molecule has 0 unspecified atom stereocenters. The van der Waals surface area contributed by atoms with E-state index >= 15 is 0 Å². The van der Waals surface area contributed by atoms with Gasteiger partial charge in [-0.1, -0.05) is 66.8 Å². The van der Waals surface area contributed by atoms with E-state index in [0.717, 1.165) is 30.8 Å². The molecule has 0 radical (unpaired) electrons. The van der Waals surface area contributed by atoms with Crippen LogP contribution in [0.1, 0.15) is 30.4 Å². The molecule has 2 aliphatic heterocycles. The van der Waals surface area contributed by atoms with Gasteiger partial charge < -0.3 is 10.1 Å². The first-order valence-electron chi connectivity index (χ1n) is 10.0. The lowest BCUT2D eigenvalue weighted by Crippen LogP contribution is -2.42. The van der Waals surface area contributed by atoms with Gasteiger partial charge in [-0.15, -0.1) is 0 Å². The molecule has 136 valence electrons. The van der Waals surface area contributed by atoms with Crippen molar-refractivity contribution in [3.8, 4) is 11.5 Å². The predicted molar refractivity (Wildman–Crippen MR) is 112 cm³/mol. The van der Waals surface area contributed by atoms with Crippen molar-refractivity contribution in [2.24, 2.45) is 0 Å². The zero-order valence-electron chi connectivity index (χ0n) is 15.6. The fourth-order valence-electron chi connectivity index (χ4n) is 5.09. The number of fused-ring (bicyclic) bond motifs is 6. The summed E-state index contributed by atoms with van der Waals surface area (Å²) in [6.45, 7) is 0. The van der Waals surface area contributed by atoms with Crippen LogP contribution in [-0.4, -0.2) is 0 Å². The Morgan fingerprint density at radius 3 is 2.21 bits per heavy atom. The Labute approximate surface area is 165 Å². The first-order valence-corrected chi connectivity index (χ1v) is 10.0. The zero-order chi connectivity index (χ0) is 18.6. The summed E-state index contributed by atoms with van der Waals surface area (Å²) in [5.41, 5.74) is 7.27. The van der Waals surface area contributed by atoms with Gasteiger partial charge in [-0.3, -0.25) is 0 Å². The van der Waals surface area contributed by atoms with E-state index in [2.05, 4.69) is 90.3 Å². The van der Waals surface area contributed by atoms with Crippen molar-refractivity contribution in [3.05, 3.63) is 119 Å². The van der Waals surface area contributed by atoms with E-state index in [1.807, 2.05) is 0 Å². The van der Waals surface area contributed by atoms with Gasteiger partial charge in [0.05, 0.1) is 5.41 Å². The Morgan fingerprint density at radius 2 is 1.43 bits per heavy atom. The molecule has 2 aromatic carbocycles. The number of benzene rings is 2. The molecule has 0 atom stereocenters. The minimum absolute atomic E-state index is 0.358. The first kappa shape index (κ1) is 15.8. The molecule has 4 aliphatic rings. The molecule has 1 spiro atoms. The standard InChI is InChI=1S/C26H21NO/c1-2-10-18-22(14-3-1)27-23-15-7-4-11-19(23)26(18)20-12-5-8-16-24(20)28-25-17-9-6-13-21(25)26/h2-6,8-14,16-17,27H,1,7,15H2. The van der Waals surface area contributed by atoms with Crippen molar-refractivity contribution in [1.29, 1.82) is 0 Å². The van der Waals surface area contributed by atoms with Crippen LogP contribution in [0.15, 0.2) is 108 Å². The molecule has 28 heavy (non-hydrogen) atoms. The quantitative estimate of drug-likeness (QED) is 0.615. The van der Waals surface area contributed by atoms with Crippen LogP contribution < -0.4 is 10.1 Å². The molecule has 0 fully saturated rings. The highest BCUT2D eigenvalue weighted by molar-refractivity contribution is 5.74. The van der Waals surface area contributed by atoms with Crippen LogP contribution in [0.3, 0.4) is 0 Å². The third-order valence-corrected chi connectivity index (χ3v) is 6.20. The van der Waals surface area contributed by atoms with Gasteiger partial charge in [0.1, 0.15) is 11.5 Å². The van der Waals surface area contributed by atoms with Crippen molar-refractivity contribution in [2.45, 2.75) is 24.7 Å². The summed E-state index contributed by atoms with van der Waals surface area (Å²) in [6, 6.07) is 17.0. The van der Waals surface area contributed by atoms with Crippen molar-refractivity contribution in [2.75, 3.05) is 0 Å². The van der Waals surface area contributed by atoms with E-state index in [4.69, 9.17) is 4.74 Å². The molecule has 0 saturated heterocycles. The maximum absolute atomic E-state index is 6.36. The molecule has 2 aliphatic carbocycles. The second-order valence-electron chi connectivity index (χ2n) is 7.67. The van der Waals surface area contributed by atoms with Crippen molar-refractivity contribution >= 4 is 0 Å². The van der Waals surface area contributed by atoms with Gasteiger partial charge in [-0.2, -0.15) is 0 Å². The average Bonchev–Trinajstić information content (AvgIpc) is 2.99. The average molecular weight is 363 g/mol. The summed E-state index contributed by atoms with van der Waals surface area (Å²) < 4.78 is 6.36. The van der Waals surface area contributed by atoms with Crippen LogP contribution in [0.25, 0.3) is 0 Å². The molecule has 6 rings (SSSR count). The lowest BCUT2D eigenvalue weighted by molar-refractivity contribution is 0.429. The van der Waals surface area contributed by atoms with E-state index < -0.39 is 0 Å². The van der Waals surface area contributed by atoms with E-state index in [9.17, 15) is 0 Å². The van der Waals surface area contributed by atoms with Gasteiger partial charge >= 0.3 is 0 Å². The molecule has 2 aromatic rings. The fraction of sp³-hybridized carbons (Fsp3) is 0.154. The molecule has 0 saturated carbocycles. The summed E-state index contributed by atoms with van der Waals surface area (Å²) in [6.07, 6.45) is 16.8. The van der Waals surface area contributed by atoms with E-state index in [1.165, 1.54) is 33.7 Å². The normalized spacial score (nSPS) is 20.6. The number of ether oxygens (including phenoxy) is 1. The predicted octanol–water partition coefficient (Wildman–Crippen LogP) is 6.06. The minimum Gasteiger partial charge on any atom is -0.457 e. The molecule has 2 nitrogen and oxygen atoms in total. The minimum atomic E-state index is -0.358. The topological polar surface area (TPSA) is 21.3 Å². The maximum Gasteiger partial charge on any atom is 0.132 e. The summed E-state index contributed by atoms with van der Waals surface area (Å²) in [5, 5.41) is 3.76. The summed E-state index contributed by atoms with van der Waals surface area (Å²) in [5.74, 6) is 1.89. The lowest BCUT2D eigenvalue weighted by Gasteiger charge is -2.47. The number of allylic oxidation sites excluding steroid dienone is 9. The van der Waals surface area contributed by atoms with E-state index in [-0.39, 0.29) is 5.41 Å². The van der Waals surface area contributed by atoms with Crippen LogP contribution in [0.4, 0.5) is 0 Å². The fourth-order valence-corrected chi connectivity index (χ4v) is 5.09. The van der Waals surface area contributed by atoms with Crippen molar-refractivity contribution in [1.82, 2.24) is 5.32 Å². The van der Waals surface area contributed by atoms with Crippen LogP contribution in [0, 0.1) is 0 Å². The van der Waals surface area contributed by atoms with Gasteiger partial charge in [0, 0.05) is 22.5 Å². The Balaban J connectivity index is 1.80. The Hall–Kier alpha value is -3.26. The summed E-state index contributed by atoms with van der Waals surface area (Å²) >= 11 is 0. The smallest absolute Gasteiger partial charge is 0.132 e. The Bertz CT molecular complexity index is 1100. The molecule has 1 N–H and O–H groups in total. The summed E-state index contributed by atoms with van der Waals surface area (Å²) in [7, 11) is 0. The Kier molecular flexibility index (Phi) is 3.30. The van der Waals surface area contributed by atoms with Gasteiger partial charge in [0.15, 0.2) is 0 Å². The number of hydrogen-bond acceptors (Lipinski definition) is 2. The van der Waals surface area contributed by atoms with Crippen molar-refractivity contribution in [3.63, 3.8) is 0 Å². The van der Waals surface area contributed by atoms with Crippen molar-refractivity contribution < 1.29 is 4.74 Å². The molecular formula is C26H21NO. The monoisotopic (exact) mass is 363 g/mol. The molecule has 0 bridgehead atoms. The highest BCUT2D eigenvalue weighted by atomic mass is 16.5. The third-order valence-electron chi connectivity index (χ3n) is 6.20. The lowest BCUT2D eigenvalue weighted by atomic mass is 9.60. The number of para-hydroxylation sites is 2. The molecule has 2 heterocycles.